The van der Waals surface area contributed by atoms with Crippen LogP contribution in [0.2, 0.25) is 0 Å². The first kappa shape index (κ1) is 17.2. The average molecular weight is 339 g/mol. The van der Waals surface area contributed by atoms with Gasteiger partial charge in [0.1, 0.15) is 11.6 Å². The molecular formula is C19H25N5O. The zero-order valence-electron chi connectivity index (χ0n) is 15.0. The lowest BCUT2D eigenvalue weighted by molar-refractivity contribution is -0.122. The van der Waals surface area contributed by atoms with Crippen LogP contribution in [-0.2, 0) is 17.8 Å². The molecule has 2 heterocycles. The molecule has 0 aliphatic heterocycles. The Morgan fingerprint density at radius 2 is 2.20 bits per heavy atom. The van der Waals surface area contributed by atoms with Gasteiger partial charge >= 0.3 is 0 Å². The number of aryl methyl sites for hydroxylation is 3. The molecule has 1 amide bonds. The number of carbonyl (C=O) groups excluding carboxylic acids is 1. The third-order valence-corrected chi connectivity index (χ3v) is 4.43. The number of carbonyl (C=O) groups is 1. The highest BCUT2D eigenvalue weighted by Gasteiger charge is 2.17. The van der Waals surface area contributed by atoms with Crippen molar-refractivity contribution in [2.75, 3.05) is 0 Å². The predicted octanol–water partition coefficient (Wildman–Crippen LogP) is 3.29. The van der Waals surface area contributed by atoms with Gasteiger partial charge in [-0.05, 0) is 31.0 Å². The van der Waals surface area contributed by atoms with Gasteiger partial charge in [-0.3, -0.25) is 4.79 Å². The number of rotatable bonds is 7. The number of nitrogens with one attached hydrogen (secondary N) is 2. The molecule has 6 nitrogen and oxygen atoms in total. The molecule has 0 saturated carbocycles. The van der Waals surface area contributed by atoms with Crippen molar-refractivity contribution in [2.45, 2.75) is 52.6 Å². The molecule has 132 valence electrons. The van der Waals surface area contributed by atoms with Gasteiger partial charge in [-0.1, -0.05) is 19.9 Å². The molecule has 0 radical (unpaired) electrons. The first-order valence-electron chi connectivity index (χ1n) is 8.86. The van der Waals surface area contributed by atoms with Crippen LogP contribution in [0.5, 0.6) is 0 Å². The largest absolute Gasteiger partial charge is 0.346 e. The SMILES string of the molecule is CCc1nccn1CCC(=O)N[C@H](CC)c1nc2ccc(C)cc2[nH]1. The van der Waals surface area contributed by atoms with Crippen LogP contribution in [0.15, 0.2) is 30.6 Å². The second kappa shape index (κ2) is 7.51. The highest BCUT2D eigenvalue weighted by molar-refractivity contribution is 5.78. The van der Waals surface area contributed by atoms with Gasteiger partial charge in [-0.15, -0.1) is 0 Å². The summed E-state index contributed by atoms with van der Waals surface area (Å²) >= 11 is 0. The van der Waals surface area contributed by atoms with Crippen molar-refractivity contribution in [1.29, 1.82) is 0 Å². The van der Waals surface area contributed by atoms with Gasteiger partial charge in [-0.2, -0.15) is 0 Å². The standard InChI is InChI=1S/C19H25N5O/c1-4-14(19-22-15-7-6-13(3)12-16(15)23-19)21-18(25)8-10-24-11-9-20-17(24)5-2/h6-7,9,11-12,14H,4-5,8,10H2,1-3H3,(H,21,25)(H,22,23)/t14-/m1/s1. The van der Waals surface area contributed by atoms with Crippen LogP contribution in [0.1, 0.15) is 49.9 Å². The zero-order valence-corrected chi connectivity index (χ0v) is 15.0. The number of H-pyrrole nitrogens is 1. The summed E-state index contributed by atoms with van der Waals surface area (Å²) in [6, 6.07) is 6.02. The molecule has 3 aromatic rings. The van der Waals surface area contributed by atoms with E-state index >= 15 is 0 Å². The van der Waals surface area contributed by atoms with Crippen molar-refractivity contribution in [3.05, 3.63) is 47.8 Å². The molecule has 0 bridgehead atoms. The van der Waals surface area contributed by atoms with Crippen molar-refractivity contribution in [3.63, 3.8) is 0 Å². The summed E-state index contributed by atoms with van der Waals surface area (Å²) < 4.78 is 2.03. The fraction of sp³-hybridized carbons (Fsp3) is 0.421. The van der Waals surface area contributed by atoms with Crippen molar-refractivity contribution >= 4 is 16.9 Å². The van der Waals surface area contributed by atoms with Crippen molar-refractivity contribution in [1.82, 2.24) is 24.8 Å². The van der Waals surface area contributed by atoms with E-state index in [4.69, 9.17) is 0 Å². The molecule has 3 rings (SSSR count). The second-order valence-corrected chi connectivity index (χ2v) is 6.31. The summed E-state index contributed by atoms with van der Waals surface area (Å²) in [6.45, 7) is 6.81. The number of fused-ring (bicyclic) bond motifs is 1. The lowest BCUT2D eigenvalue weighted by atomic mass is 10.2. The van der Waals surface area contributed by atoms with Gasteiger partial charge < -0.3 is 14.9 Å². The molecule has 0 aliphatic carbocycles. The van der Waals surface area contributed by atoms with Gasteiger partial charge in [0, 0.05) is 31.8 Å². The highest BCUT2D eigenvalue weighted by atomic mass is 16.1. The minimum atomic E-state index is -0.103. The maximum atomic E-state index is 12.4. The Morgan fingerprint density at radius 3 is 2.96 bits per heavy atom. The van der Waals surface area contributed by atoms with Gasteiger partial charge in [0.15, 0.2) is 0 Å². The first-order valence-corrected chi connectivity index (χ1v) is 8.86. The maximum Gasteiger partial charge on any atom is 0.222 e. The van der Waals surface area contributed by atoms with Gasteiger partial charge in [-0.25, -0.2) is 9.97 Å². The summed E-state index contributed by atoms with van der Waals surface area (Å²) in [4.78, 5) is 24.6. The highest BCUT2D eigenvalue weighted by Crippen LogP contribution is 2.19. The average Bonchev–Trinajstić information content (AvgIpc) is 3.23. The number of aromatic amines is 1. The molecule has 1 aromatic carbocycles. The monoisotopic (exact) mass is 339 g/mol. The molecule has 0 spiro atoms. The minimum absolute atomic E-state index is 0.0271. The number of amides is 1. The lowest BCUT2D eigenvalue weighted by Gasteiger charge is -2.15. The Balaban J connectivity index is 1.65. The molecule has 0 fully saturated rings. The molecule has 0 saturated heterocycles. The Kier molecular flexibility index (Phi) is 5.16. The number of aromatic nitrogens is 4. The van der Waals surface area contributed by atoms with E-state index < -0.39 is 0 Å². The lowest BCUT2D eigenvalue weighted by Crippen LogP contribution is -2.29. The van der Waals surface area contributed by atoms with Crippen molar-refractivity contribution in [2.24, 2.45) is 0 Å². The van der Waals surface area contributed by atoms with E-state index in [0.29, 0.717) is 13.0 Å². The van der Waals surface area contributed by atoms with E-state index in [-0.39, 0.29) is 11.9 Å². The van der Waals surface area contributed by atoms with E-state index in [9.17, 15) is 4.79 Å². The molecule has 2 aromatic heterocycles. The van der Waals surface area contributed by atoms with E-state index in [2.05, 4.69) is 47.1 Å². The molecular weight excluding hydrogens is 314 g/mol. The molecule has 1 atom stereocenters. The first-order chi connectivity index (χ1) is 12.1. The molecule has 0 unspecified atom stereocenters. The Hall–Kier alpha value is -2.63. The van der Waals surface area contributed by atoms with E-state index in [0.717, 1.165) is 35.5 Å². The molecule has 2 N–H and O–H groups in total. The quantitative estimate of drug-likeness (QED) is 0.693. The van der Waals surface area contributed by atoms with Crippen molar-refractivity contribution in [3.8, 4) is 0 Å². The van der Waals surface area contributed by atoms with Crippen molar-refractivity contribution < 1.29 is 4.79 Å². The van der Waals surface area contributed by atoms with Crippen LogP contribution < -0.4 is 5.32 Å². The van der Waals surface area contributed by atoms with Crippen LogP contribution >= 0.6 is 0 Å². The second-order valence-electron chi connectivity index (χ2n) is 6.31. The fourth-order valence-corrected chi connectivity index (χ4v) is 3.02. The van der Waals surface area contributed by atoms with E-state index in [1.165, 1.54) is 5.56 Å². The number of nitrogens with zero attached hydrogens (tertiary/aromatic N) is 3. The van der Waals surface area contributed by atoms with E-state index in [1.807, 2.05) is 22.9 Å². The smallest absolute Gasteiger partial charge is 0.222 e. The predicted molar refractivity (Wildman–Crippen MR) is 98.2 cm³/mol. The molecule has 0 aliphatic rings. The summed E-state index contributed by atoms with van der Waals surface area (Å²) in [5, 5.41) is 3.09. The number of benzene rings is 1. The Bertz CT molecular complexity index is 864. The van der Waals surface area contributed by atoms with Gasteiger partial charge in [0.25, 0.3) is 0 Å². The topological polar surface area (TPSA) is 75.6 Å². The van der Waals surface area contributed by atoms with Crippen LogP contribution in [0.4, 0.5) is 0 Å². The third kappa shape index (κ3) is 3.90. The number of imidazole rings is 2. The Labute approximate surface area is 147 Å². The Morgan fingerprint density at radius 1 is 1.36 bits per heavy atom. The third-order valence-electron chi connectivity index (χ3n) is 4.43. The number of hydrogen-bond acceptors (Lipinski definition) is 3. The summed E-state index contributed by atoms with van der Waals surface area (Å²) in [6.07, 6.45) is 5.78. The number of hydrogen-bond donors (Lipinski definition) is 2. The molecule has 25 heavy (non-hydrogen) atoms. The van der Waals surface area contributed by atoms with E-state index in [1.54, 1.807) is 6.20 Å². The zero-order chi connectivity index (χ0) is 17.8. The van der Waals surface area contributed by atoms with Gasteiger partial charge in [0.2, 0.25) is 5.91 Å². The molecule has 6 heteroatoms. The minimum Gasteiger partial charge on any atom is -0.346 e. The normalized spacial score (nSPS) is 12.4. The van der Waals surface area contributed by atoms with Crippen LogP contribution in [0, 0.1) is 6.92 Å². The fourth-order valence-electron chi connectivity index (χ4n) is 3.02. The summed E-state index contributed by atoms with van der Waals surface area (Å²) in [5.74, 6) is 1.85. The van der Waals surface area contributed by atoms with Crippen LogP contribution in [0.25, 0.3) is 11.0 Å². The summed E-state index contributed by atoms with van der Waals surface area (Å²) in [5.41, 5.74) is 3.12. The maximum absolute atomic E-state index is 12.4. The summed E-state index contributed by atoms with van der Waals surface area (Å²) in [7, 11) is 0. The van der Waals surface area contributed by atoms with Crippen LogP contribution in [-0.4, -0.2) is 25.4 Å². The van der Waals surface area contributed by atoms with Gasteiger partial charge in [0.05, 0.1) is 17.1 Å². The van der Waals surface area contributed by atoms with Crippen LogP contribution in [0.3, 0.4) is 0 Å².